The number of nitrogens with zero attached hydrogens (tertiary/aromatic N) is 3. The van der Waals surface area contributed by atoms with E-state index in [0.717, 1.165) is 11.3 Å². The van der Waals surface area contributed by atoms with Crippen LogP contribution in [0.4, 0.5) is 30.6 Å². The molecule has 4 rings (SSSR count). The fourth-order valence-electron chi connectivity index (χ4n) is 2.91. The number of hydrogen-bond acceptors (Lipinski definition) is 6. The molecule has 0 bridgehead atoms. The highest BCUT2D eigenvalue weighted by Gasteiger charge is 2.30. The summed E-state index contributed by atoms with van der Waals surface area (Å²) in [5.41, 5.74) is 5.71. The van der Waals surface area contributed by atoms with Gasteiger partial charge in [-0.25, -0.2) is 4.98 Å². The molecule has 34 heavy (non-hydrogen) atoms. The molecule has 3 aromatic carbocycles. The van der Waals surface area contributed by atoms with Gasteiger partial charge >= 0.3 is 6.36 Å². The highest BCUT2D eigenvalue weighted by atomic mass is 35.5. The molecule has 10 heteroatoms. The molecule has 0 atom stereocenters. The highest BCUT2D eigenvalue weighted by molar-refractivity contribution is 6.30. The van der Waals surface area contributed by atoms with Crippen LogP contribution >= 0.6 is 11.6 Å². The Kier molecular flexibility index (Phi) is 6.93. The molecule has 0 amide bonds. The Morgan fingerprint density at radius 1 is 0.882 bits per heavy atom. The summed E-state index contributed by atoms with van der Waals surface area (Å²) in [5, 5.41) is 7.88. The van der Waals surface area contributed by atoms with Gasteiger partial charge in [0.1, 0.15) is 5.75 Å². The van der Waals surface area contributed by atoms with E-state index in [0.29, 0.717) is 28.0 Å². The molecule has 0 aliphatic carbocycles. The summed E-state index contributed by atoms with van der Waals surface area (Å²) in [6.45, 7) is 0. The zero-order valence-corrected chi connectivity index (χ0v) is 18.2. The molecular formula is C24H17ClF3N5O. The first-order valence-corrected chi connectivity index (χ1v) is 10.3. The number of halogens is 4. The van der Waals surface area contributed by atoms with Gasteiger partial charge in [-0.15, -0.1) is 13.2 Å². The molecule has 0 saturated heterocycles. The molecule has 4 aromatic rings. The number of aromatic nitrogens is 2. The monoisotopic (exact) mass is 483 g/mol. The van der Waals surface area contributed by atoms with E-state index in [1.54, 1.807) is 30.3 Å². The van der Waals surface area contributed by atoms with Gasteiger partial charge in [0, 0.05) is 22.3 Å². The maximum atomic E-state index is 12.3. The predicted octanol–water partition coefficient (Wildman–Crippen LogP) is 6.89. The van der Waals surface area contributed by atoms with Gasteiger partial charge in [0.05, 0.1) is 11.9 Å². The first-order chi connectivity index (χ1) is 16.3. The van der Waals surface area contributed by atoms with Gasteiger partial charge in [-0.1, -0.05) is 41.9 Å². The van der Waals surface area contributed by atoms with Crippen molar-refractivity contribution in [3.8, 4) is 17.0 Å². The first-order valence-electron chi connectivity index (χ1n) is 9.96. The highest BCUT2D eigenvalue weighted by Crippen LogP contribution is 2.24. The Hall–Kier alpha value is -4.11. The number of benzene rings is 3. The minimum atomic E-state index is -4.74. The van der Waals surface area contributed by atoms with Gasteiger partial charge in [0.25, 0.3) is 0 Å². The van der Waals surface area contributed by atoms with Crippen molar-refractivity contribution in [2.24, 2.45) is 5.10 Å². The molecule has 0 unspecified atom stereocenters. The van der Waals surface area contributed by atoms with Gasteiger partial charge in [-0.3, -0.25) is 5.43 Å². The van der Waals surface area contributed by atoms with Crippen LogP contribution < -0.4 is 15.5 Å². The smallest absolute Gasteiger partial charge is 0.406 e. The Bertz CT molecular complexity index is 1260. The molecule has 0 fully saturated rings. The maximum absolute atomic E-state index is 12.3. The zero-order valence-electron chi connectivity index (χ0n) is 17.4. The Balaban J connectivity index is 1.53. The second kappa shape index (κ2) is 10.2. The number of nitrogens with one attached hydrogen (secondary N) is 2. The first kappa shape index (κ1) is 23.1. The molecule has 0 radical (unpaired) electrons. The summed E-state index contributed by atoms with van der Waals surface area (Å²) >= 11 is 5.95. The summed E-state index contributed by atoms with van der Waals surface area (Å²) in [6.07, 6.45) is -3.29. The van der Waals surface area contributed by atoms with Gasteiger partial charge in [0.15, 0.2) is 5.82 Å². The van der Waals surface area contributed by atoms with Crippen LogP contribution in [0, 0.1) is 0 Å². The number of alkyl halides is 3. The molecule has 172 valence electrons. The average molecular weight is 484 g/mol. The van der Waals surface area contributed by atoms with E-state index < -0.39 is 6.36 Å². The van der Waals surface area contributed by atoms with E-state index in [1.165, 1.54) is 30.5 Å². The lowest BCUT2D eigenvalue weighted by Gasteiger charge is -2.10. The fourth-order valence-corrected chi connectivity index (χ4v) is 3.03. The summed E-state index contributed by atoms with van der Waals surface area (Å²) in [4.78, 5) is 9.01. The van der Waals surface area contributed by atoms with Gasteiger partial charge < -0.3 is 10.1 Å². The number of hydrogen-bond donors (Lipinski definition) is 2. The van der Waals surface area contributed by atoms with Crippen molar-refractivity contribution in [3.63, 3.8) is 0 Å². The van der Waals surface area contributed by atoms with Crippen molar-refractivity contribution in [2.45, 2.75) is 6.36 Å². The van der Waals surface area contributed by atoms with Crippen molar-refractivity contribution >= 4 is 35.3 Å². The lowest BCUT2D eigenvalue weighted by atomic mass is 10.1. The SMILES string of the molecule is FC(F)(F)Oc1ccc(/C=N/Nc2cc(-c3ccccc3)nc(Nc3ccc(Cl)cc3)n2)cc1. The minimum absolute atomic E-state index is 0.307. The third-order valence-corrected chi connectivity index (χ3v) is 4.65. The average Bonchev–Trinajstić information content (AvgIpc) is 2.81. The number of hydrazone groups is 1. The topological polar surface area (TPSA) is 71.4 Å². The summed E-state index contributed by atoms with van der Waals surface area (Å²) in [7, 11) is 0. The normalized spacial score (nSPS) is 11.4. The quantitative estimate of drug-likeness (QED) is 0.221. The van der Waals surface area contributed by atoms with Crippen LogP contribution in [0.25, 0.3) is 11.3 Å². The lowest BCUT2D eigenvalue weighted by molar-refractivity contribution is -0.274. The summed E-state index contributed by atoms with van der Waals surface area (Å²) in [5.74, 6) is 0.451. The van der Waals surface area contributed by atoms with Gasteiger partial charge in [0.2, 0.25) is 5.95 Å². The van der Waals surface area contributed by atoms with Crippen molar-refractivity contribution in [1.29, 1.82) is 0 Å². The van der Waals surface area contributed by atoms with Crippen LogP contribution in [0.2, 0.25) is 5.02 Å². The standard InChI is InChI=1S/C24H17ClF3N5O/c25-18-8-10-19(11-9-18)30-23-31-21(17-4-2-1-3-5-17)14-22(32-23)33-29-15-16-6-12-20(13-7-16)34-24(26,27)28/h1-15H,(H2,30,31,32,33)/b29-15+. The fraction of sp³-hybridized carbons (Fsp3) is 0.0417. The Morgan fingerprint density at radius 2 is 1.59 bits per heavy atom. The molecule has 0 aliphatic heterocycles. The van der Waals surface area contributed by atoms with E-state index >= 15 is 0 Å². The molecule has 1 heterocycles. The Morgan fingerprint density at radius 3 is 2.26 bits per heavy atom. The van der Waals surface area contributed by atoms with Crippen molar-refractivity contribution < 1.29 is 17.9 Å². The molecule has 1 aromatic heterocycles. The number of anilines is 3. The van der Waals surface area contributed by atoms with Crippen LogP contribution in [0.1, 0.15) is 5.56 Å². The van der Waals surface area contributed by atoms with Crippen molar-refractivity contribution in [1.82, 2.24) is 9.97 Å². The van der Waals surface area contributed by atoms with Crippen LogP contribution in [-0.4, -0.2) is 22.5 Å². The maximum Gasteiger partial charge on any atom is 0.573 e. The third kappa shape index (κ3) is 6.69. The van der Waals surface area contributed by atoms with E-state index in [-0.39, 0.29) is 5.75 Å². The van der Waals surface area contributed by atoms with Crippen LogP contribution in [0.15, 0.2) is 90.0 Å². The van der Waals surface area contributed by atoms with Crippen molar-refractivity contribution in [2.75, 3.05) is 10.7 Å². The molecule has 6 nitrogen and oxygen atoms in total. The minimum Gasteiger partial charge on any atom is -0.406 e. The van der Waals surface area contributed by atoms with Crippen LogP contribution in [-0.2, 0) is 0 Å². The van der Waals surface area contributed by atoms with Crippen LogP contribution in [0.3, 0.4) is 0 Å². The van der Waals surface area contributed by atoms with E-state index in [1.807, 2.05) is 30.3 Å². The second-order valence-corrected chi connectivity index (χ2v) is 7.38. The van der Waals surface area contributed by atoms with E-state index in [4.69, 9.17) is 11.6 Å². The summed E-state index contributed by atoms with van der Waals surface area (Å²) in [6, 6.07) is 23.7. The van der Waals surface area contributed by atoms with Crippen molar-refractivity contribution in [3.05, 3.63) is 95.5 Å². The molecule has 0 spiro atoms. The van der Waals surface area contributed by atoms with Gasteiger partial charge in [-0.05, 0) is 54.1 Å². The Labute approximate surface area is 198 Å². The lowest BCUT2D eigenvalue weighted by Crippen LogP contribution is -2.17. The number of rotatable bonds is 7. The molecular weight excluding hydrogens is 467 g/mol. The second-order valence-electron chi connectivity index (χ2n) is 6.95. The van der Waals surface area contributed by atoms with E-state index in [9.17, 15) is 13.2 Å². The molecule has 0 saturated carbocycles. The molecule has 2 N–H and O–H groups in total. The summed E-state index contributed by atoms with van der Waals surface area (Å²) < 4.78 is 40.7. The van der Waals surface area contributed by atoms with Crippen LogP contribution in [0.5, 0.6) is 5.75 Å². The third-order valence-electron chi connectivity index (χ3n) is 4.40. The molecule has 0 aliphatic rings. The predicted molar refractivity (Wildman–Crippen MR) is 127 cm³/mol. The number of ether oxygens (including phenoxy) is 1. The van der Waals surface area contributed by atoms with E-state index in [2.05, 4.69) is 30.5 Å². The van der Waals surface area contributed by atoms with Gasteiger partial charge in [-0.2, -0.15) is 10.1 Å². The zero-order chi connectivity index (χ0) is 24.0. The largest absolute Gasteiger partial charge is 0.573 e.